The summed E-state index contributed by atoms with van der Waals surface area (Å²) in [6, 6.07) is 10.6. The summed E-state index contributed by atoms with van der Waals surface area (Å²) in [5, 5.41) is 10.9. The number of nitrogens with zero attached hydrogens (tertiary/aromatic N) is 1. The molecule has 1 aromatic carbocycles. The minimum atomic E-state index is -0.113. The van der Waals surface area contributed by atoms with Gasteiger partial charge < -0.3 is 5.11 Å². The first-order chi connectivity index (χ1) is 8.33. The van der Waals surface area contributed by atoms with Crippen molar-refractivity contribution in [2.45, 2.75) is 37.7 Å². The maximum Gasteiger partial charge on any atom is 0.0702 e. The third-order valence-electron chi connectivity index (χ3n) is 3.74. The molecular weight excluding hydrogens is 210 g/mol. The molecule has 1 N–H and O–H groups in total. The molecule has 2 heteroatoms. The van der Waals surface area contributed by atoms with Gasteiger partial charge in [0.1, 0.15) is 0 Å². The molecule has 0 saturated heterocycles. The van der Waals surface area contributed by atoms with Crippen molar-refractivity contribution in [1.29, 1.82) is 0 Å². The molecule has 1 aromatic heterocycles. The Hall–Kier alpha value is -1.41. The van der Waals surface area contributed by atoms with E-state index in [0.29, 0.717) is 5.92 Å². The molecule has 0 radical (unpaired) electrons. The Morgan fingerprint density at radius 2 is 2.12 bits per heavy atom. The lowest BCUT2D eigenvalue weighted by atomic mass is 9.82. The van der Waals surface area contributed by atoms with E-state index in [9.17, 15) is 5.11 Å². The van der Waals surface area contributed by atoms with Crippen LogP contribution in [0.2, 0.25) is 0 Å². The summed E-state index contributed by atoms with van der Waals surface area (Å²) in [6.45, 7) is 0. The van der Waals surface area contributed by atoms with Crippen LogP contribution < -0.4 is 0 Å². The first-order valence-electron chi connectivity index (χ1n) is 6.36. The van der Waals surface area contributed by atoms with Gasteiger partial charge in [-0.3, -0.25) is 4.98 Å². The van der Waals surface area contributed by atoms with E-state index in [4.69, 9.17) is 0 Å². The minimum Gasteiger partial charge on any atom is -0.393 e. The lowest BCUT2D eigenvalue weighted by molar-refractivity contribution is 0.119. The van der Waals surface area contributed by atoms with Gasteiger partial charge in [0, 0.05) is 11.6 Å². The van der Waals surface area contributed by atoms with Crippen LogP contribution in [0.3, 0.4) is 0 Å². The third-order valence-corrected chi connectivity index (χ3v) is 3.74. The fourth-order valence-electron chi connectivity index (χ4n) is 2.81. The Balaban J connectivity index is 1.94. The highest BCUT2D eigenvalue weighted by molar-refractivity contribution is 5.79. The van der Waals surface area contributed by atoms with E-state index in [-0.39, 0.29) is 6.10 Å². The number of hydrogen-bond acceptors (Lipinski definition) is 2. The molecule has 2 aromatic rings. The van der Waals surface area contributed by atoms with Crippen LogP contribution in [0.1, 0.15) is 37.2 Å². The van der Waals surface area contributed by atoms with Crippen molar-refractivity contribution in [2.75, 3.05) is 0 Å². The lowest BCUT2D eigenvalue weighted by Gasteiger charge is -2.26. The van der Waals surface area contributed by atoms with E-state index < -0.39 is 0 Å². The van der Waals surface area contributed by atoms with Crippen LogP contribution in [0.4, 0.5) is 0 Å². The van der Waals surface area contributed by atoms with E-state index in [1.165, 1.54) is 17.4 Å². The van der Waals surface area contributed by atoms with Crippen molar-refractivity contribution in [3.8, 4) is 0 Å². The molecule has 2 unspecified atom stereocenters. The van der Waals surface area contributed by atoms with Crippen molar-refractivity contribution in [2.24, 2.45) is 0 Å². The number of benzene rings is 1. The second kappa shape index (κ2) is 4.46. The van der Waals surface area contributed by atoms with Crippen LogP contribution in [-0.2, 0) is 0 Å². The number of hydrogen-bond donors (Lipinski definition) is 1. The van der Waals surface area contributed by atoms with Gasteiger partial charge in [-0.05, 0) is 48.9 Å². The number of fused-ring (bicyclic) bond motifs is 1. The second-order valence-electron chi connectivity index (χ2n) is 4.97. The monoisotopic (exact) mass is 227 g/mol. The summed E-state index contributed by atoms with van der Waals surface area (Å²) >= 11 is 0. The largest absolute Gasteiger partial charge is 0.393 e. The van der Waals surface area contributed by atoms with Crippen LogP contribution in [0, 0.1) is 0 Å². The summed E-state index contributed by atoms with van der Waals surface area (Å²) in [6.07, 6.45) is 5.92. The zero-order valence-corrected chi connectivity index (χ0v) is 9.84. The molecular formula is C15H17NO. The molecule has 3 rings (SSSR count). The Morgan fingerprint density at radius 1 is 1.18 bits per heavy atom. The number of rotatable bonds is 1. The first-order valence-corrected chi connectivity index (χ1v) is 6.36. The summed E-state index contributed by atoms with van der Waals surface area (Å²) < 4.78 is 0. The number of aliphatic hydroxyl groups excluding tert-OH is 1. The van der Waals surface area contributed by atoms with Gasteiger partial charge in [-0.15, -0.1) is 0 Å². The van der Waals surface area contributed by atoms with Crippen LogP contribution in [0.25, 0.3) is 10.9 Å². The molecule has 0 spiro atoms. The summed E-state index contributed by atoms with van der Waals surface area (Å²) in [5.41, 5.74) is 2.40. The van der Waals surface area contributed by atoms with Gasteiger partial charge in [0.2, 0.25) is 0 Å². The normalized spacial score (nSPS) is 25.0. The maximum absolute atomic E-state index is 9.74. The van der Waals surface area contributed by atoms with Gasteiger partial charge in [-0.25, -0.2) is 0 Å². The average Bonchev–Trinajstić information content (AvgIpc) is 2.38. The first kappa shape index (κ1) is 10.7. The van der Waals surface area contributed by atoms with Gasteiger partial charge in [0.05, 0.1) is 11.6 Å². The van der Waals surface area contributed by atoms with Gasteiger partial charge in [-0.1, -0.05) is 18.6 Å². The minimum absolute atomic E-state index is 0.113. The molecule has 88 valence electrons. The topological polar surface area (TPSA) is 33.1 Å². The van der Waals surface area contributed by atoms with Crippen LogP contribution in [0.15, 0.2) is 36.5 Å². The van der Waals surface area contributed by atoms with Crippen LogP contribution in [-0.4, -0.2) is 16.2 Å². The molecule has 2 nitrogen and oxygen atoms in total. The second-order valence-corrected chi connectivity index (χ2v) is 4.97. The lowest BCUT2D eigenvalue weighted by Crippen LogP contribution is -2.18. The smallest absolute Gasteiger partial charge is 0.0702 e. The summed E-state index contributed by atoms with van der Waals surface area (Å²) in [4.78, 5) is 4.33. The van der Waals surface area contributed by atoms with E-state index >= 15 is 0 Å². The van der Waals surface area contributed by atoms with E-state index in [0.717, 1.165) is 24.8 Å². The summed E-state index contributed by atoms with van der Waals surface area (Å²) in [7, 11) is 0. The van der Waals surface area contributed by atoms with Crippen molar-refractivity contribution >= 4 is 10.9 Å². The molecule has 1 fully saturated rings. The highest BCUT2D eigenvalue weighted by Crippen LogP contribution is 2.33. The zero-order chi connectivity index (χ0) is 11.7. The highest BCUT2D eigenvalue weighted by Gasteiger charge is 2.21. The van der Waals surface area contributed by atoms with Gasteiger partial charge in [0.15, 0.2) is 0 Å². The zero-order valence-electron chi connectivity index (χ0n) is 9.84. The predicted molar refractivity (Wildman–Crippen MR) is 69.0 cm³/mol. The molecule has 1 aliphatic carbocycles. The highest BCUT2D eigenvalue weighted by atomic mass is 16.3. The van der Waals surface area contributed by atoms with Gasteiger partial charge in [0.25, 0.3) is 0 Å². The molecule has 0 bridgehead atoms. The van der Waals surface area contributed by atoms with Crippen molar-refractivity contribution in [3.05, 3.63) is 42.1 Å². The van der Waals surface area contributed by atoms with Crippen molar-refractivity contribution < 1.29 is 5.11 Å². The SMILES string of the molecule is OC1CCCC(c2ccc3ncccc3c2)C1. The molecule has 1 saturated carbocycles. The Kier molecular flexibility index (Phi) is 2.81. The number of aromatic nitrogens is 1. The molecule has 0 aliphatic heterocycles. The third kappa shape index (κ3) is 2.18. The van der Waals surface area contributed by atoms with E-state index in [1.54, 1.807) is 0 Å². The van der Waals surface area contributed by atoms with Crippen molar-refractivity contribution in [1.82, 2.24) is 4.98 Å². The Morgan fingerprint density at radius 3 is 3.00 bits per heavy atom. The quantitative estimate of drug-likeness (QED) is 0.811. The van der Waals surface area contributed by atoms with E-state index in [1.807, 2.05) is 12.3 Å². The molecule has 1 aliphatic rings. The predicted octanol–water partition coefficient (Wildman–Crippen LogP) is 3.25. The van der Waals surface area contributed by atoms with E-state index in [2.05, 4.69) is 29.2 Å². The van der Waals surface area contributed by atoms with Gasteiger partial charge >= 0.3 is 0 Å². The van der Waals surface area contributed by atoms with Crippen LogP contribution in [0.5, 0.6) is 0 Å². The Bertz CT molecular complexity index is 523. The maximum atomic E-state index is 9.74. The number of pyridine rings is 1. The molecule has 0 amide bonds. The molecule has 2 atom stereocenters. The fourth-order valence-corrected chi connectivity index (χ4v) is 2.81. The van der Waals surface area contributed by atoms with Crippen molar-refractivity contribution in [3.63, 3.8) is 0 Å². The summed E-state index contributed by atoms with van der Waals surface area (Å²) in [5.74, 6) is 0.517. The van der Waals surface area contributed by atoms with Gasteiger partial charge in [-0.2, -0.15) is 0 Å². The standard InChI is InChI=1S/C15H17NO/c17-14-5-1-3-11(10-14)12-6-7-15-13(9-12)4-2-8-16-15/h2,4,6-9,11,14,17H,1,3,5,10H2. The molecule has 1 heterocycles. The van der Waals surface area contributed by atoms with Crippen LogP contribution >= 0.6 is 0 Å². The average molecular weight is 227 g/mol. The Labute approximate surface area is 101 Å². The molecule has 17 heavy (non-hydrogen) atoms. The number of aliphatic hydroxyl groups is 1. The fraction of sp³-hybridized carbons (Fsp3) is 0.400.